The van der Waals surface area contributed by atoms with E-state index in [1.165, 1.54) is 16.8 Å². The van der Waals surface area contributed by atoms with E-state index in [9.17, 15) is 24.3 Å². The summed E-state index contributed by atoms with van der Waals surface area (Å²) in [5.74, 6) is -2.47. The normalized spacial score (nSPS) is 13.1. The maximum absolute atomic E-state index is 12.5. The number of hydrogen-bond acceptors (Lipinski definition) is 4. The average Bonchev–Trinajstić information content (AvgIpc) is 2.49. The van der Waals surface area contributed by atoms with Crippen molar-refractivity contribution in [1.29, 1.82) is 0 Å². The number of primary amides is 1. The molecule has 1 rings (SSSR count). The van der Waals surface area contributed by atoms with Crippen LogP contribution in [0.5, 0.6) is 0 Å². The minimum atomic E-state index is -1.25. The van der Waals surface area contributed by atoms with Gasteiger partial charge in [0, 0.05) is 18.7 Å². The summed E-state index contributed by atoms with van der Waals surface area (Å²) >= 11 is 0. The van der Waals surface area contributed by atoms with Crippen LogP contribution in [0.4, 0.5) is 0 Å². The monoisotopic (exact) mass is 337 g/mol. The third-order valence-electron chi connectivity index (χ3n) is 3.60. The number of pyridine rings is 1. The van der Waals surface area contributed by atoms with Gasteiger partial charge in [-0.25, -0.2) is 4.79 Å². The van der Waals surface area contributed by atoms with Crippen molar-refractivity contribution in [2.24, 2.45) is 5.73 Å². The fourth-order valence-electron chi connectivity index (χ4n) is 2.33. The largest absolute Gasteiger partial charge is 0.480 e. The molecule has 1 aromatic heterocycles. The number of aliphatic carboxylic acids is 1. The van der Waals surface area contributed by atoms with Gasteiger partial charge in [-0.15, -0.1) is 0 Å². The SMILES string of the molecule is CCCC(C(=O)NC(CCC(N)=O)C(=O)O)n1ccc(C)cc1=O. The zero-order chi connectivity index (χ0) is 18.3. The van der Waals surface area contributed by atoms with Crippen molar-refractivity contribution < 1.29 is 19.5 Å². The predicted octanol–water partition coefficient (Wildman–Crippen LogP) is 0.333. The highest BCUT2D eigenvalue weighted by Crippen LogP contribution is 2.13. The van der Waals surface area contributed by atoms with Gasteiger partial charge < -0.3 is 20.7 Å². The fraction of sp³-hybridized carbons (Fsp3) is 0.500. The number of aromatic nitrogens is 1. The molecule has 4 N–H and O–H groups in total. The zero-order valence-electron chi connectivity index (χ0n) is 13.8. The van der Waals surface area contributed by atoms with Gasteiger partial charge in [0.05, 0.1) is 0 Å². The van der Waals surface area contributed by atoms with Gasteiger partial charge in [0.1, 0.15) is 12.1 Å². The quantitative estimate of drug-likeness (QED) is 0.597. The third kappa shape index (κ3) is 5.53. The van der Waals surface area contributed by atoms with E-state index in [-0.39, 0.29) is 18.4 Å². The molecule has 8 nitrogen and oxygen atoms in total. The standard InChI is InChI=1S/C16H23N3O5/c1-3-4-12(19-8-7-10(2)9-14(19)21)15(22)18-11(16(23)24)5-6-13(17)20/h7-9,11-12H,3-6H2,1-2H3,(H2,17,20)(H,18,22)(H,23,24). The minimum Gasteiger partial charge on any atom is -0.480 e. The molecule has 2 unspecified atom stereocenters. The Hall–Kier alpha value is -2.64. The van der Waals surface area contributed by atoms with Crippen molar-refractivity contribution in [2.75, 3.05) is 0 Å². The van der Waals surface area contributed by atoms with E-state index in [0.717, 1.165) is 5.56 Å². The van der Waals surface area contributed by atoms with Gasteiger partial charge >= 0.3 is 5.97 Å². The summed E-state index contributed by atoms with van der Waals surface area (Å²) in [5.41, 5.74) is 5.46. The van der Waals surface area contributed by atoms with Gasteiger partial charge in [0.15, 0.2) is 0 Å². The van der Waals surface area contributed by atoms with Crippen molar-refractivity contribution in [1.82, 2.24) is 9.88 Å². The summed E-state index contributed by atoms with van der Waals surface area (Å²) in [4.78, 5) is 46.6. The first kappa shape index (κ1) is 19.4. The second kappa shape index (κ2) is 8.85. The molecule has 0 saturated carbocycles. The van der Waals surface area contributed by atoms with Crippen LogP contribution in [0, 0.1) is 6.92 Å². The number of aryl methyl sites for hydroxylation is 1. The molecule has 0 aliphatic heterocycles. The van der Waals surface area contributed by atoms with E-state index in [2.05, 4.69) is 5.32 Å². The minimum absolute atomic E-state index is 0.0992. The van der Waals surface area contributed by atoms with Crippen LogP contribution in [0.3, 0.4) is 0 Å². The molecule has 1 aromatic rings. The van der Waals surface area contributed by atoms with Gasteiger partial charge in [0.2, 0.25) is 11.8 Å². The number of nitrogens with zero attached hydrogens (tertiary/aromatic N) is 1. The summed E-state index contributed by atoms with van der Waals surface area (Å²) in [6.45, 7) is 3.63. The Morgan fingerprint density at radius 2 is 2.00 bits per heavy atom. The van der Waals surface area contributed by atoms with Gasteiger partial charge in [-0.3, -0.25) is 14.4 Å². The predicted molar refractivity (Wildman–Crippen MR) is 87.4 cm³/mol. The van der Waals surface area contributed by atoms with Crippen LogP contribution >= 0.6 is 0 Å². The Morgan fingerprint density at radius 3 is 2.50 bits per heavy atom. The molecule has 8 heteroatoms. The number of hydrogen-bond donors (Lipinski definition) is 3. The van der Waals surface area contributed by atoms with Crippen LogP contribution in [0.15, 0.2) is 23.1 Å². The van der Waals surface area contributed by atoms with Crippen LogP contribution < -0.4 is 16.6 Å². The van der Waals surface area contributed by atoms with E-state index in [1.807, 2.05) is 6.92 Å². The number of nitrogens with two attached hydrogens (primary N) is 1. The summed E-state index contributed by atoms with van der Waals surface area (Å²) in [5, 5.41) is 11.6. The molecule has 0 aliphatic rings. The molecule has 0 radical (unpaired) electrons. The van der Waals surface area contributed by atoms with E-state index >= 15 is 0 Å². The number of nitrogens with one attached hydrogen (secondary N) is 1. The summed E-state index contributed by atoms with van der Waals surface area (Å²) < 4.78 is 1.29. The van der Waals surface area contributed by atoms with E-state index in [4.69, 9.17) is 5.73 Å². The van der Waals surface area contributed by atoms with E-state index in [1.54, 1.807) is 13.0 Å². The molecule has 0 aromatic carbocycles. The summed E-state index contributed by atoms with van der Waals surface area (Å²) in [6.07, 6.45) is 2.30. The van der Waals surface area contributed by atoms with Crippen LogP contribution in [0.2, 0.25) is 0 Å². The Labute approximate surface area is 139 Å². The van der Waals surface area contributed by atoms with E-state index in [0.29, 0.717) is 12.8 Å². The molecule has 0 spiro atoms. The summed E-state index contributed by atoms with van der Waals surface area (Å²) in [6, 6.07) is 1.08. The van der Waals surface area contributed by atoms with Crippen LogP contribution in [-0.4, -0.2) is 33.5 Å². The Bertz CT molecular complexity index is 668. The maximum Gasteiger partial charge on any atom is 0.326 e. The van der Waals surface area contributed by atoms with Gasteiger partial charge in [0.25, 0.3) is 5.56 Å². The number of amides is 2. The van der Waals surface area contributed by atoms with Gasteiger partial charge in [-0.1, -0.05) is 13.3 Å². The van der Waals surface area contributed by atoms with Gasteiger partial charge in [-0.05, 0) is 31.4 Å². The molecular weight excluding hydrogens is 314 g/mol. The lowest BCUT2D eigenvalue weighted by Crippen LogP contribution is -2.46. The molecule has 2 atom stereocenters. The molecule has 2 amide bonds. The topological polar surface area (TPSA) is 131 Å². The molecule has 24 heavy (non-hydrogen) atoms. The van der Waals surface area contributed by atoms with Crippen molar-refractivity contribution in [2.45, 2.75) is 51.6 Å². The van der Waals surface area contributed by atoms with Crippen molar-refractivity contribution in [3.8, 4) is 0 Å². The highest BCUT2D eigenvalue weighted by Gasteiger charge is 2.26. The van der Waals surface area contributed by atoms with Gasteiger partial charge in [-0.2, -0.15) is 0 Å². The molecular formula is C16H23N3O5. The fourth-order valence-corrected chi connectivity index (χ4v) is 2.33. The maximum atomic E-state index is 12.5. The molecule has 132 valence electrons. The first-order valence-corrected chi connectivity index (χ1v) is 7.76. The number of rotatable bonds is 9. The highest BCUT2D eigenvalue weighted by atomic mass is 16.4. The second-order valence-corrected chi connectivity index (χ2v) is 5.66. The number of carbonyl (C=O) groups is 3. The van der Waals surface area contributed by atoms with Crippen molar-refractivity contribution >= 4 is 17.8 Å². The smallest absolute Gasteiger partial charge is 0.326 e. The van der Waals surface area contributed by atoms with Crippen molar-refractivity contribution in [3.63, 3.8) is 0 Å². The number of carboxylic acid groups (broad SMARTS) is 1. The Kier molecular flexibility index (Phi) is 7.16. The number of carboxylic acids is 1. The molecule has 0 fully saturated rings. The lowest BCUT2D eigenvalue weighted by molar-refractivity contribution is -0.142. The highest BCUT2D eigenvalue weighted by molar-refractivity contribution is 5.86. The molecule has 0 saturated heterocycles. The van der Waals surface area contributed by atoms with Crippen LogP contribution in [-0.2, 0) is 14.4 Å². The Morgan fingerprint density at radius 1 is 1.33 bits per heavy atom. The van der Waals surface area contributed by atoms with E-state index < -0.39 is 29.9 Å². The number of carbonyl (C=O) groups excluding carboxylic acids is 2. The molecule has 1 heterocycles. The van der Waals surface area contributed by atoms with Crippen LogP contribution in [0.1, 0.15) is 44.2 Å². The average molecular weight is 337 g/mol. The Balaban J connectivity index is 2.98. The molecule has 0 bridgehead atoms. The second-order valence-electron chi connectivity index (χ2n) is 5.66. The molecule has 0 aliphatic carbocycles. The van der Waals surface area contributed by atoms with Crippen LogP contribution in [0.25, 0.3) is 0 Å². The van der Waals surface area contributed by atoms with Crippen molar-refractivity contribution in [3.05, 3.63) is 34.2 Å². The first-order chi connectivity index (χ1) is 11.3. The third-order valence-corrected chi connectivity index (χ3v) is 3.60. The lowest BCUT2D eigenvalue weighted by Gasteiger charge is -2.21. The lowest BCUT2D eigenvalue weighted by atomic mass is 10.1. The summed E-state index contributed by atoms with van der Waals surface area (Å²) in [7, 11) is 0. The zero-order valence-corrected chi connectivity index (χ0v) is 13.8. The first-order valence-electron chi connectivity index (χ1n) is 7.76.